The Morgan fingerprint density at radius 3 is 3.25 bits per heavy atom. The molecule has 1 aliphatic rings. The van der Waals surface area contributed by atoms with Crippen molar-refractivity contribution in [1.82, 2.24) is 5.43 Å². The van der Waals surface area contributed by atoms with Crippen LogP contribution in [-0.2, 0) is 0 Å². The Hall–Kier alpha value is -1.05. The van der Waals surface area contributed by atoms with Gasteiger partial charge in [-0.15, -0.1) is 0 Å². The zero-order valence-electron chi connectivity index (χ0n) is 4.76. The monoisotopic (exact) mass is 108 g/mol. The molecule has 42 valence electrons. The van der Waals surface area contributed by atoms with Crippen molar-refractivity contribution in [2.75, 3.05) is 0 Å². The quantitative estimate of drug-likeness (QED) is 0.492. The highest BCUT2D eigenvalue weighted by molar-refractivity contribution is 5.71. The van der Waals surface area contributed by atoms with Gasteiger partial charge < -0.3 is 0 Å². The number of hydrogen-bond donors (Lipinski definition) is 1. The van der Waals surface area contributed by atoms with Crippen LogP contribution in [-0.4, -0.2) is 6.21 Å². The topological polar surface area (TPSA) is 24.4 Å². The molecule has 0 aromatic rings. The van der Waals surface area contributed by atoms with Gasteiger partial charge in [0.05, 0.1) is 0 Å². The minimum atomic E-state index is 1.06. The van der Waals surface area contributed by atoms with E-state index in [0.29, 0.717) is 0 Å². The molecule has 2 nitrogen and oxygen atoms in total. The molecule has 0 aromatic heterocycles. The number of hydrogen-bond acceptors (Lipinski definition) is 2. The summed E-state index contributed by atoms with van der Waals surface area (Å²) in [4.78, 5) is 0. The Morgan fingerprint density at radius 1 is 1.50 bits per heavy atom. The van der Waals surface area contributed by atoms with Gasteiger partial charge in [-0.3, -0.25) is 5.43 Å². The summed E-state index contributed by atoms with van der Waals surface area (Å²) in [6.07, 6.45) is 7.50. The van der Waals surface area contributed by atoms with Gasteiger partial charge in [0.2, 0.25) is 0 Å². The zero-order chi connectivity index (χ0) is 5.82. The summed E-state index contributed by atoms with van der Waals surface area (Å²) in [5.41, 5.74) is 3.88. The van der Waals surface area contributed by atoms with Crippen molar-refractivity contribution in [2.45, 2.75) is 6.92 Å². The molecule has 0 saturated carbocycles. The molecule has 0 radical (unpaired) electrons. The molecule has 0 unspecified atom stereocenters. The fourth-order valence-electron chi connectivity index (χ4n) is 0.469. The first kappa shape index (κ1) is 5.09. The van der Waals surface area contributed by atoms with Crippen LogP contribution in [0.2, 0.25) is 0 Å². The van der Waals surface area contributed by atoms with Gasteiger partial charge in [0.25, 0.3) is 0 Å². The number of nitrogens with zero attached hydrogens (tertiary/aromatic N) is 1. The summed E-state index contributed by atoms with van der Waals surface area (Å²) in [5, 5.41) is 3.82. The molecule has 1 aliphatic heterocycles. The average Bonchev–Trinajstić information content (AvgIpc) is 1.94. The van der Waals surface area contributed by atoms with Crippen LogP contribution in [0.1, 0.15) is 6.92 Å². The van der Waals surface area contributed by atoms with Crippen molar-refractivity contribution in [2.24, 2.45) is 5.10 Å². The second-order valence-electron chi connectivity index (χ2n) is 1.62. The third kappa shape index (κ3) is 1.22. The summed E-state index contributed by atoms with van der Waals surface area (Å²) in [7, 11) is 0. The van der Waals surface area contributed by atoms with Gasteiger partial charge in [-0.1, -0.05) is 6.08 Å². The standard InChI is InChI=1S/C6H8N2/c1-6-4-2-3-5-7-8-6/h2-5,8H,1H3. The van der Waals surface area contributed by atoms with Crippen molar-refractivity contribution in [3.05, 3.63) is 23.9 Å². The number of hydrazone groups is 1. The van der Waals surface area contributed by atoms with Crippen molar-refractivity contribution < 1.29 is 0 Å². The van der Waals surface area contributed by atoms with Crippen LogP contribution in [0.5, 0.6) is 0 Å². The van der Waals surface area contributed by atoms with Gasteiger partial charge >= 0.3 is 0 Å². The molecule has 0 fully saturated rings. The molecular formula is C6H8N2. The minimum absolute atomic E-state index is 1.06. The first-order chi connectivity index (χ1) is 3.89. The maximum absolute atomic E-state index is 3.82. The summed E-state index contributed by atoms with van der Waals surface area (Å²) in [6, 6.07) is 0. The largest absolute Gasteiger partial charge is 0.283 e. The summed E-state index contributed by atoms with van der Waals surface area (Å²) >= 11 is 0. The van der Waals surface area contributed by atoms with Crippen molar-refractivity contribution in [3.8, 4) is 0 Å². The minimum Gasteiger partial charge on any atom is -0.283 e. The first-order valence-electron chi connectivity index (χ1n) is 2.52. The van der Waals surface area contributed by atoms with E-state index in [1.807, 2.05) is 25.2 Å². The van der Waals surface area contributed by atoms with Crippen LogP contribution in [0.15, 0.2) is 29.0 Å². The van der Waals surface area contributed by atoms with Crippen LogP contribution >= 0.6 is 0 Å². The van der Waals surface area contributed by atoms with Gasteiger partial charge in [0.1, 0.15) is 0 Å². The Bertz CT molecular complexity index is 154. The molecule has 0 aromatic carbocycles. The second-order valence-corrected chi connectivity index (χ2v) is 1.62. The second kappa shape index (κ2) is 2.31. The van der Waals surface area contributed by atoms with E-state index >= 15 is 0 Å². The van der Waals surface area contributed by atoms with Gasteiger partial charge in [-0.05, 0) is 19.1 Å². The van der Waals surface area contributed by atoms with E-state index in [-0.39, 0.29) is 0 Å². The van der Waals surface area contributed by atoms with Crippen molar-refractivity contribution >= 4 is 6.21 Å². The fourth-order valence-corrected chi connectivity index (χ4v) is 0.469. The molecule has 1 heterocycles. The highest BCUT2D eigenvalue weighted by Gasteiger charge is 1.81. The average molecular weight is 108 g/mol. The molecule has 0 saturated heterocycles. The summed E-state index contributed by atoms with van der Waals surface area (Å²) < 4.78 is 0. The van der Waals surface area contributed by atoms with E-state index in [1.165, 1.54) is 0 Å². The van der Waals surface area contributed by atoms with Gasteiger partial charge in [-0.2, -0.15) is 5.10 Å². The van der Waals surface area contributed by atoms with E-state index in [1.54, 1.807) is 6.21 Å². The van der Waals surface area contributed by atoms with Crippen molar-refractivity contribution in [1.29, 1.82) is 0 Å². The third-order valence-electron chi connectivity index (χ3n) is 0.859. The fraction of sp³-hybridized carbons (Fsp3) is 0.167. The highest BCUT2D eigenvalue weighted by atomic mass is 15.3. The third-order valence-corrected chi connectivity index (χ3v) is 0.859. The molecule has 8 heavy (non-hydrogen) atoms. The van der Waals surface area contributed by atoms with Gasteiger partial charge in [-0.25, -0.2) is 0 Å². The lowest BCUT2D eigenvalue weighted by Gasteiger charge is -1.92. The molecule has 0 atom stereocenters. The lowest BCUT2D eigenvalue weighted by Crippen LogP contribution is -1.98. The molecule has 1 rings (SSSR count). The SMILES string of the molecule is CC1=CC=CC=NN1. The molecule has 0 bridgehead atoms. The summed E-state index contributed by atoms with van der Waals surface area (Å²) in [5.74, 6) is 0. The Balaban J connectivity index is 2.69. The van der Waals surface area contributed by atoms with E-state index < -0.39 is 0 Å². The maximum Gasteiger partial charge on any atom is 0.0472 e. The lowest BCUT2D eigenvalue weighted by molar-refractivity contribution is 0.897. The molecule has 2 heteroatoms. The predicted molar refractivity (Wildman–Crippen MR) is 34.5 cm³/mol. The normalized spacial score (nSPS) is 16.9. The first-order valence-corrected chi connectivity index (χ1v) is 2.52. The molecule has 0 spiro atoms. The van der Waals surface area contributed by atoms with Gasteiger partial charge in [0, 0.05) is 11.9 Å². The van der Waals surface area contributed by atoms with E-state index in [2.05, 4.69) is 10.5 Å². The Kier molecular flexibility index (Phi) is 1.47. The Labute approximate surface area is 48.6 Å². The smallest absolute Gasteiger partial charge is 0.0472 e. The van der Waals surface area contributed by atoms with Crippen LogP contribution in [0.3, 0.4) is 0 Å². The number of rotatable bonds is 0. The van der Waals surface area contributed by atoms with E-state index in [9.17, 15) is 0 Å². The van der Waals surface area contributed by atoms with E-state index in [0.717, 1.165) is 5.70 Å². The molecular weight excluding hydrogens is 100 g/mol. The number of nitrogens with one attached hydrogen (secondary N) is 1. The lowest BCUT2D eigenvalue weighted by atomic mass is 10.4. The van der Waals surface area contributed by atoms with Crippen LogP contribution in [0.4, 0.5) is 0 Å². The van der Waals surface area contributed by atoms with Crippen LogP contribution < -0.4 is 5.43 Å². The van der Waals surface area contributed by atoms with Crippen LogP contribution in [0.25, 0.3) is 0 Å². The molecule has 0 aliphatic carbocycles. The van der Waals surface area contributed by atoms with Gasteiger partial charge in [0.15, 0.2) is 0 Å². The van der Waals surface area contributed by atoms with Crippen LogP contribution in [0, 0.1) is 0 Å². The van der Waals surface area contributed by atoms with E-state index in [4.69, 9.17) is 0 Å². The Morgan fingerprint density at radius 2 is 2.38 bits per heavy atom. The highest BCUT2D eigenvalue weighted by Crippen LogP contribution is 1.88. The predicted octanol–water partition coefficient (Wildman–Crippen LogP) is 1.04. The zero-order valence-corrected chi connectivity index (χ0v) is 4.76. The molecule has 1 N–H and O–H groups in total. The maximum atomic E-state index is 3.82. The van der Waals surface area contributed by atoms with Crippen molar-refractivity contribution in [3.63, 3.8) is 0 Å². The molecule has 0 amide bonds. The summed E-state index contributed by atoms with van der Waals surface area (Å²) in [6.45, 7) is 1.97. The number of allylic oxidation sites excluding steroid dienone is 4.